The first-order valence-electron chi connectivity index (χ1n) is 9.81. The minimum absolute atomic E-state index is 0.0249. The Morgan fingerprint density at radius 1 is 0.938 bits per heavy atom. The summed E-state index contributed by atoms with van der Waals surface area (Å²) in [6.07, 6.45) is 0. The number of carbonyl (C=O) groups excluding carboxylic acids is 2. The van der Waals surface area contributed by atoms with E-state index in [-0.39, 0.29) is 28.2 Å². The van der Waals surface area contributed by atoms with Crippen molar-refractivity contribution >= 4 is 38.7 Å². The smallest absolute Gasteiger partial charge is 0.343 e. The summed E-state index contributed by atoms with van der Waals surface area (Å²) < 4.78 is 11.8. The van der Waals surface area contributed by atoms with Gasteiger partial charge in [-0.05, 0) is 42.0 Å². The second-order valence-electron chi connectivity index (χ2n) is 7.44. The Hall–Kier alpha value is -3.71. The fourth-order valence-electron chi connectivity index (χ4n) is 4.15. The van der Waals surface area contributed by atoms with Crippen molar-refractivity contribution in [2.75, 3.05) is 0 Å². The highest BCUT2D eigenvalue weighted by Gasteiger charge is 2.47. The molecule has 4 aromatic rings. The zero-order valence-electron chi connectivity index (χ0n) is 16.4. The minimum Gasteiger partial charge on any atom is -0.507 e. The van der Waals surface area contributed by atoms with Gasteiger partial charge in [-0.25, -0.2) is 4.79 Å². The van der Waals surface area contributed by atoms with Crippen LogP contribution in [0.4, 0.5) is 0 Å². The van der Waals surface area contributed by atoms with Gasteiger partial charge in [0.05, 0.1) is 16.5 Å². The molecule has 2 atom stereocenters. The van der Waals surface area contributed by atoms with Crippen molar-refractivity contribution < 1.29 is 23.8 Å². The molecule has 3 aromatic carbocycles. The summed E-state index contributed by atoms with van der Waals surface area (Å²) in [6.45, 7) is 0. The van der Waals surface area contributed by atoms with Crippen molar-refractivity contribution in [1.82, 2.24) is 0 Å². The molecule has 5 rings (SSSR count). The maximum Gasteiger partial charge on any atom is 0.343 e. The molecule has 0 aliphatic carbocycles. The molecule has 32 heavy (non-hydrogen) atoms. The Morgan fingerprint density at radius 3 is 2.47 bits per heavy atom. The van der Waals surface area contributed by atoms with Gasteiger partial charge in [0, 0.05) is 10.4 Å². The predicted molar refractivity (Wildman–Crippen MR) is 120 cm³/mol. The number of fused-ring (bicyclic) bond motifs is 3. The van der Waals surface area contributed by atoms with E-state index in [1.807, 2.05) is 0 Å². The van der Waals surface area contributed by atoms with Crippen LogP contribution in [0, 0.1) is 5.92 Å². The number of Topliss-reactive ketones (excluding diaryl/α,β-unsaturated/α-hetero) is 1. The van der Waals surface area contributed by atoms with Crippen molar-refractivity contribution in [2.24, 2.45) is 5.92 Å². The molecule has 1 aromatic heterocycles. The van der Waals surface area contributed by atoms with Crippen LogP contribution in [0.5, 0.6) is 11.5 Å². The normalized spacial score (nSPS) is 17.6. The number of carbonyl (C=O) groups is 2. The average Bonchev–Trinajstić information content (AvgIpc) is 2.78. The Bertz CT molecular complexity index is 1450. The number of hydrogen-bond donors (Lipinski definition) is 1. The summed E-state index contributed by atoms with van der Waals surface area (Å²) in [5.74, 6) is -3.95. The molecule has 1 N–H and O–H groups in total. The molecule has 2 heterocycles. The molecule has 0 unspecified atom stereocenters. The number of phenols is 1. The third-order valence-corrected chi connectivity index (χ3v) is 6.05. The molecule has 0 fully saturated rings. The summed E-state index contributed by atoms with van der Waals surface area (Å²) in [4.78, 5) is 39.8. The number of benzene rings is 3. The molecule has 0 saturated heterocycles. The standard InChI is InChI=1S/C25H15BrO6/c26-14-7-5-6-13(12-14)19-20(22(28)15-8-1-3-10-17(15)27)24(29)32-23-16-9-2-4-11-18(16)31-25(30)21(19)23/h1-12,19-20,27H/t19-,20+/m1/s1. The minimum atomic E-state index is -1.38. The van der Waals surface area contributed by atoms with Crippen LogP contribution in [-0.2, 0) is 4.79 Å². The Morgan fingerprint density at radius 2 is 1.69 bits per heavy atom. The Balaban J connectivity index is 1.80. The van der Waals surface area contributed by atoms with Gasteiger partial charge in [0.1, 0.15) is 17.3 Å². The number of aromatic hydroxyl groups is 1. The van der Waals surface area contributed by atoms with Crippen LogP contribution in [0.25, 0.3) is 11.0 Å². The third kappa shape index (κ3) is 3.22. The molecular formula is C25H15BrO6. The zero-order chi connectivity index (χ0) is 22.4. The maximum atomic E-state index is 13.5. The summed E-state index contributed by atoms with van der Waals surface area (Å²) in [5, 5.41) is 10.7. The lowest BCUT2D eigenvalue weighted by molar-refractivity contribution is -0.138. The molecule has 0 bridgehead atoms. The van der Waals surface area contributed by atoms with E-state index in [0.29, 0.717) is 10.9 Å². The van der Waals surface area contributed by atoms with Gasteiger partial charge in [0.25, 0.3) is 0 Å². The van der Waals surface area contributed by atoms with Gasteiger partial charge in [-0.2, -0.15) is 0 Å². The van der Waals surface area contributed by atoms with E-state index in [1.165, 1.54) is 12.1 Å². The highest BCUT2D eigenvalue weighted by Crippen LogP contribution is 2.45. The lowest BCUT2D eigenvalue weighted by Gasteiger charge is -2.31. The molecule has 0 saturated carbocycles. The monoisotopic (exact) mass is 490 g/mol. The number of ketones is 1. The first-order chi connectivity index (χ1) is 15.5. The van der Waals surface area contributed by atoms with Crippen molar-refractivity contribution in [3.63, 3.8) is 0 Å². The number of ether oxygens (including phenoxy) is 1. The first kappa shape index (κ1) is 20.2. The molecular weight excluding hydrogens is 476 g/mol. The second-order valence-corrected chi connectivity index (χ2v) is 8.36. The number of hydrogen-bond acceptors (Lipinski definition) is 6. The van der Waals surface area contributed by atoms with Crippen LogP contribution in [-0.4, -0.2) is 16.9 Å². The molecule has 7 heteroatoms. The van der Waals surface area contributed by atoms with E-state index >= 15 is 0 Å². The van der Waals surface area contributed by atoms with E-state index in [0.717, 1.165) is 4.47 Å². The van der Waals surface area contributed by atoms with Crippen LogP contribution in [0.2, 0.25) is 0 Å². The van der Waals surface area contributed by atoms with Crippen LogP contribution >= 0.6 is 15.9 Å². The summed E-state index contributed by atoms with van der Waals surface area (Å²) >= 11 is 3.41. The molecule has 0 amide bonds. The van der Waals surface area contributed by atoms with Gasteiger partial charge in [0.2, 0.25) is 0 Å². The zero-order valence-corrected chi connectivity index (χ0v) is 18.0. The van der Waals surface area contributed by atoms with Gasteiger partial charge >= 0.3 is 11.6 Å². The molecule has 1 aliphatic rings. The van der Waals surface area contributed by atoms with Gasteiger partial charge in [-0.1, -0.05) is 52.3 Å². The van der Waals surface area contributed by atoms with E-state index in [1.54, 1.807) is 60.7 Å². The van der Waals surface area contributed by atoms with Crippen LogP contribution < -0.4 is 10.4 Å². The molecule has 0 spiro atoms. The fourth-order valence-corrected chi connectivity index (χ4v) is 4.56. The third-order valence-electron chi connectivity index (χ3n) is 5.56. The highest BCUT2D eigenvalue weighted by atomic mass is 79.9. The number of esters is 1. The largest absolute Gasteiger partial charge is 0.507 e. The first-order valence-corrected chi connectivity index (χ1v) is 10.6. The van der Waals surface area contributed by atoms with Crippen molar-refractivity contribution in [1.29, 1.82) is 0 Å². The summed E-state index contributed by atoms with van der Waals surface area (Å²) in [7, 11) is 0. The average molecular weight is 491 g/mol. The number of rotatable bonds is 3. The van der Waals surface area contributed by atoms with Gasteiger partial charge in [-0.15, -0.1) is 0 Å². The van der Waals surface area contributed by atoms with Gasteiger partial charge in [0.15, 0.2) is 11.5 Å². The van der Waals surface area contributed by atoms with Crippen LogP contribution in [0.1, 0.15) is 27.4 Å². The number of halogens is 1. The molecule has 1 aliphatic heterocycles. The fraction of sp³-hybridized carbons (Fsp3) is 0.0800. The van der Waals surface area contributed by atoms with Gasteiger partial charge in [-0.3, -0.25) is 9.59 Å². The Labute approximate surface area is 190 Å². The molecule has 6 nitrogen and oxygen atoms in total. The number of phenolic OH excluding ortho intramolecular Hbond substituents is 1. The lowest BCUT2D eigenvalue weighted by atomic mass is 9.75. The van der Waals surface area contributed by atoms with Crippen molar-refractivity contribution in [2.45, 2.75) is 5.92 Å². The predicted octanol–water partition coefficient (Wildman–Crippen LogP) is 4.81. The molecule has 0 radical (unpaired) electrons. The van der Waals surface area contributed by atoms with E-state index in [2.05, 4.69) is 15.9 Å². The van der Waals surface area contributed by atoms with E-state index in [4.69, 9.17) is 9.15 Å². The number of para-hydroxylation sites is 2. The van der Waals surface area contributed by atoms with Crippen LogP contribution in [0.15, 0.2) is 86.5 Å². The summed E-state index contributed by atoms with van der Waals surface area (Å²) in [6, 6.07) is 19.7. The SMILES string of the molecule is O=C1Oc2c(c(=O)oc3ccccc23)[C@H](c2cccc(Br)c2)[C@H]1C(=O)c1ccccc1O. The van der Waals surface area contributed by atoms with E-state index in [9.17, 15) is 19.5 Å². The second kappa shape index (κ2) is 7.76. The van der Waals surface area contributed by atoms with Crippen molar-refractivity contribution in [3.8, 4) is 11.5 Å². The molecule has 158 valence electrons. The van der Waals surface area contributed by atoms with E-state index < -0.39 is 29.2 Å². The topological polar surface area (TPSA) is 93.8 Å². The van der Waals surface area contributed by atoms with Gasteiger partial charge < -0.3 is 14.3 Å². The van der Waals surface area contributed by atoms with Crippen LogP contribution in [0.3, 0.4) is 0 Å². The Kier molecular flexibility index (Phi) is 4.90. The summed E-state index contributed by atoms with van der Waals surface area (Å²) in [5.41, 5.74) is 0.223. The highest BCUT2D eigenvalue weighted by molar-refractivity contribution is 9.10. The van der Waals surface area contributed by atoms with Crippen molar-refractivity contribution in [3.05, 3.63) is 104 Å². The maximum absolute atomic E-state index is 13.5. The lowest BCUT2D eigenvalue weighted by Crippen LogP contribution is -2.40. The quantitative estimate of drug-likeness (QED) is 0.191.